The maximum atomic E-state index is 8.71. The third-order valence-corrected chi connectivity index (χ3v) is 3.33. The average molecular weight is 228 g/mol. The smallest absolute Gasteiger partial charge is 0.129 e. The lowest BCUT2D eigenvalue weighted by Gasteiger charge is -1.90. The monoisotopic (exact) mass is 227 g/mol. The number of rotatable bonds is 3. The molecule has 0 spiro atoms. The largest absolute Gasteiger partial charge is 0.396 e. The Kier molecular flexibility index (Phi) is 3.01. The highest BCUT2D eigenvalue weighted by Gasteiger charge is 2.02. The summed E-state index contributed by atoms with van der Waals surface area (Å²) in [5.74, 6) is 0. The van der Waals surface area contributed by atoms with E-state index >= 15 is 0 Å². The second-order valence-electron chi connectivity index (χ2n) is 3.06. The van der Waals surface area contributed by atoms with E-state index < -0.39 is 0 Å². The lowest BCUT2D eigenvalue weighted by atomic mass is 10.2. The SMILES string of the molecule is OCCCc1cc2nc(Cl)ccc2s1. The van der Waals surface area contributed by atoms with Crippen molar-refractivity contribution in [1.82, 2.24) is 4.98 Å². The molecule has 0 fully saturated rings. The number of aliphatic hydroxyl groups excluding tert-OH is 1. The highest BCUT2D eigenvalue weighted by molar-refractivity contribution is 7.19. The van der Waals surface area contributed by atoms with E-state index in [1.165, 1.54) is 4.88 Å². The molecule has 4 heteroatoms. The summed E-state index contributed by atoms with van der Waals surface area (Å²) in [6.07, 6.45) is 1.72. The maximum absolute atomic E-state index is 8.71. The summed E-state index contributed by atoms with van der Waals surface area (Å²) in [4.78, 5) is 5.47. The van der Waals surface area contributed by atoms with Gasteiger partial charge in [-0.15, -0.1) is 11.3 Å². The molecule has 2 nitrogen and oxygen atoms in total. The number of thiophene rings is 1. The molecule has 0 amide bonds. The van der Waals surface area contributed by atoms with Crippen LogP contribution in [0.2, 0.25) is 5.15 Å². The average Bonchev–Trinajstić information content (AvgIpc) is 2.56. The van der Waals surface area contributed by atoms with E-state index in [0.717, 1.165) is 23.1 Å². The molecule has 0 aliphatic rings. The van der Waals surface area contributed by atoms with Crippen molar-refractivity contribution in [1.29, 1.82) is 0 Å². The van der Waals surface area contributed by atoms with E-state index in [0.29, 0.717) is 5.15 Å². The van der Waals surface area contributed by atoms with Gasteiger partial charge >= 0.3 is 0 Å². The molecule has 0 aromatic carbocycles. The summed E-state index contributed by atoms with van der Waals surface area (Å²) in [7, 11) is 0. The number of aryl methyl sites for hydroxylation is 1. The Labute approximate surface area is 91.2 Å². The molecule has 0 saturated carbocycles. The molecule has 0 radical (unpaired) electrons. The first-order valence-electron chi connectivity index (χ1n) is 4.45. The quantitative estimate of drug-likeness (QED) is 0.818. The topological polar surface area (TPSA) is 33.1 Å². The molecule has 2 heterocycles. The molecule has 74 valence electrons. The molecular formula is C10H10ClNOS. The molecule has 0 atom stereocenters. The van der Waals surface area contributed by atoms with Crippen molar-refractivity contribution in [3.63, 3.8) is 0 Å². The van der Waals surface area contributed by atoms with Gasteiger partial charge in [0.15, 0.2) is 0 Å². The van der Waals surface area contributed by atoms with Crippen molar-refractivity contribution >= 4 is 33.2 Å². The Morgan fingerprint density at radius 3 is 3.07 bits per heavy atom. The van der Waals surface area contributed by atoms with Gasteiger partial charge in [0.2, 0.25) is 0 Å². The minimum atomic E-state index is 0.239. The summed E-state index contributed by atoms with van der Waals surface area (Å²) in [6, 6.07) is 5.83. The van der Waals surface area contributed by atoms with Gasteiger partial charge in [-0.2, -0.15) is 0 Å². The van der Waals surface area contributed by atoms with Gasteiger partial charge in [-0.25, -0.2) is 4.98 Å². The van der Waals surface area contributed by atoms with Crippen LogP contribution in [0.4, 0.5) is 0 Å². The molecule has 1 N–H and O–H groups in total. The summed E-state index contributed by atoms with van der Waals surface area (Å²) < 4.78 is 1.15. The van der Waals surface area contributed by atoms with Crippen LogP contribution in [0.1, 0.15) is 11.3 Å². The Morgan fingerprint density at radius 1 is 1.43 bits per heavy atom. The zero-order chi connectivity index (χ0) is 9.97. The maximum Gasteiger partial charge on any atom is 0.129 e. The molecule has 2 aromatic rings. The second-order valence-corrected chi connectivity index (χ2v) is 4.61. The van der Waals surface area contributed by atoms with E-state index in [2.05, 4.69) is 4.98 Å². The van der Waals surface area contributed by atoms with Gasteiger partial charge in [-0.3, -0.25) is 0 Å². The summed E-state index contributed by atoms with van der Waals surface area (Å²) in [5.41, 5.74) is 0.954. The standard InChI is InChI=1S/C10H10ClNOS/c11-10-4-3-9-8(12-10)6-7(14-9)2-1-5-13/h3-4,6,13H,1-2,5H2. The van der Waals surface area contributed by atoms with Gasteiger partial charge in [0.25, 0.3) is 0 Å². The van der Waals surface area contributed by atoms with E-state index in [4.69, 9.17) is 16.7 Å². The molecular weight excluding hydrogens is 218 g/mol. The van der Waals surface area contributed by atoms with Gasteiger partial charge in [-0.1, -0.05) is 11.6 Å². The number of fused-ring (bicyclic) bond motifs is 1. The van der Waals surface area contributed by atoms with Crippen LogP contribution in [-0.2, 0) is 6.42 Å². The summed E-state index contributed by atoms with van der Waals surface area (Å²) in [5, 5.41) is 9.25. The minimum Gasteiger partial charge on any atom is -0.396 e. The molecule has 0 aliphatic carbocycles. The first-order valence-corrected chi connectivity index (χ1v) is 5.65. The van der Waals surface area contributed by atoms with Gasteiger partial charge in [0.1, 0.15) is 5.15 Å². The Bertz CT molecular complexity index is 441. The van der Waals surface area contributed by atoms with Crippen LogP contribution < -0.4 is 0 Å². The first-order chi connectivity index (χ1) is 6.79. The number of pyridine rings is 1. The van der Waals surface area contributed by atoms with E-state index in [9.17, 15) is 0 Å². The number of hydrogen-bond donors (Lipinski definition) is 1. The number of aliphatic hydroxyl groups is 1. The van der Waals surface area contributed by atoms with Crippen molar-refractivity contribution in [2.45, 2.75) is 12.8 Å². The first kappa shape index (κ1) is 9.90. The Balaban J connectivity index is 2.32. The number of aromatic nitrogens is 1. The lowest BCUT2D eigenvalue weighted by Crippen LogP contribution is -1.84. The predicted octanol–water partition coefficient (Wildman–Crippen LogP) is 2.87. The number of halogens is 1. The third kappa shape index (κ3) is 2.05. The predicted molar refractivity (Wildman–Crippen MR) is 60.0 cm³/mol. The van der Waals surface area contributed by atoms with Crippen LogP contribution in [0, 0.1) is 0 Å². The van der Waals surface area contributed by atoms with Gasteiger partial charge in [0, 0.05) is 11.5 Å². The molecule has 2 rings (SSSR count). The summed E-state index contributed by atoms with van der Waals surface area (Å²) in [6.45, 7) is 0.239. The van der Waals surface area contributed by atoms with Crippen LogP contribution in [0.15, 0.2) is 18.2 Å². The van der Waals surface area contributed by atoms with Gasteiger partial charge in [-0.05, 0) is 31.0 Å². The Morgan fingerprint density at radius 2 is 2.29 bits per heavy atom. The van der Waals surface area contributed by atoms with Crippen LogP contribution >= 0.6 is 22.9 Å². The zero-order valence-electron chi connectivity index (χ0n) is 7.53. The van der Waals surface area contributed by atoms with E-state index in [1.807, 2.05) is 12.1 Å². The molecule has 14 heavy (non-hydrogen) atoms. The van der Waals surface area contributed by atoms with Crippen molar-refractivity contribution < 1.29 is 5.11 Å². The molecule has 0 aliphatic heterocycles. The molecule has 0 bridgehead atoms. The fourth-order valence-electron chi connectivity index (χ4n) is 1.33. The van der Waals surface area contributed by atoms with Crippen molar-refractivity contribution in [3.8, 4) is 0 Å². The molecule has 2 aromatic heterocycles. The van der Waals surface area contributed by atoms with E-state index in [1.54, 1.807) is 17.4 Å². The fourth-order valence-corrected chi connectivity index (χ4v) is 2.53. The van der Waals surface area contributed by atoms with Crippen molar-refractivity contribution in [3.05, 3.63) is 28.2 Å². The normalized spacial score (nSPS) is 11.0. The van der Waals surface area contributed by atoms with Crippen LogP contribution in [0.25, 0.3) is 10.2 Å². The van der Waals surface area contributed by atoms with Gasteiger partial charge < -0.3 is 5.11 Å². The van der Waals surface area contributed by atoms with Crippen molar-refractivity contribution in [2.75, 3.05) is 6.61 Å². The molecule has 0 unspecified atom stereocenters. The highest BCUT2D eigenvalue weighted by Crippen LogP contribution is 2.26. The van der Waals surface area contributed by atoms with Crippen LogP contribution in [0.5, 0.6) is 0 Å². The summed E-state index contributed by atoms with van der Waals surface area (Å²) >= 11 is 7.50. The highest BCUT2D eigenvalue weighted by atomic mass is 35.5. The molecule has 0 saturated heterocycles. The van der Waals surface area contributed by atoms with E-state index in [-0.39, 0.29) is 6.61 Å². The number of nitrogens with zero attached hydrogens (tertiary/aromatic N) is 1. The lowest BCUT2D eigenvalue weighted by molar-refractivity contribution is 0.289. The van der Waals surface area contributed by atoms with Gasteiger partial charge in [0.05, 0.1) is 10.2 Å². The zero-order valence-corrected chi connectivity index (χ0v) is 9.11. The third-order valence-electron chi connectivity index (χ3n) is 1.97. The van der Waals surface area contributed by atoms with Crippen LogP contribution in [-0.4, -0.2) is 16.7 Å². The Hall–Kier alpha value is -0.640. The van der Waals surface area contributed by atoms with Crippen molar-refractivity contribution in [2.24, 2.45) is 0 Å². The second kappa shape index (κ2) is 4.26. The number of hydrogen-bond acceptors (Lipinski definition) is 3. The fraction of sp³-hybridized carbons (Fsp3) is 0.300. The van der Waals surface area contributed by atoms with Crippen LogP contribution in [0.3, 0.4) is 0 Å². The minimum absolute atomic E-state index is 0.239.